The zero-order valence-corrected chi connectivity index (χ0v) is 11.1. The normalized spacial score (nSPS) is 14.8. The Balaban J connectivity index is 1.91. The fourth-order valence-corrected chi connectivity index (χ4v) is 2.51. The molecule has 2 N–H and O–H groups in total. The van der Waals surface area contributed by atoms with Gasteiger partial charge in [-0.2, -0.15) is 0 Å². The van der Waals surface area contributed by atoms with Crippen molar-refractivity contribution in [3.8, 4) is 0 Å². The number of hydrogen-bond donors (Lipinski definition) is 1. The number of ketones is 1. The minimum absolute atomic E-state index is 0.0600. The molecule has 3 heteroatoms. The molecule has 0 amide bonds. The van der Waals surface area contributed by atoms with Gasteiger partial charge in [-0.1, -0.05) is 24.6 Å². The third-order valence-corrected chi connectivity index (χ3v) is 3.99. The first-order chi connectivity index (χ1) is 9.65. The summed E-state index contributed by atoms with van der Waals surface area (Å²) in [6, 6.07) is 11.9. The highest BCUT2D eigenvalue weighted by atomic mass is 19.1. The van der Waals surface area contributed by atoms with Gasteiger partial charge in [0.05, 0.1) is 5.69 Å². The van der Waals surface area contributed by atoms with Crippen LogP contribution in [0.25, 0.3) is 0 Å². The molecule has 0 aliphatic heterocycles. The number of nitrogen functional groups attached to an aromatic ring is 1. The van der Waals surface area contributed by atoms with E-state index in [1.807, 2.05) is 12.1 Å². The Morgan fingerprint density at radius 3 is 2.50 bits per heavy atom. The maximum atomic E-state index is 13.4. The first kappa shape index (κ1) is 12.9. The summed E-state index contributed by atoms with van der Waals surface area (Å²) in [5, 5.41) is 0. The minimum atomic E-state index is -0.550. The molecule has 1 aliphatic rings. The van der Waals surface area contributed by atoms with Crippen molar-refractivity contribution in [2.75, 3.05) is 5.73 Å². The SMILES string of the molecule is Nc1ccc(C(=O)c2cccc(C3CCC3)c2)cc1F. The highest BCUT2D eigenvalue weighted by Gasteiger charge is 2.20. The molecular formula is C17H16FNO. The van der Waals surface area contributed by atoms with Crippen molar-refractivity contribution in [3.05, 3.63) is 65.0 Å². The van der Waals surface area contributed by atoms with E-state index >= 15 is 0 Å². The maximum absolute atomic E-state index is 13.4. The summed E-state index contributed by atoms with van der Waals surface area (Å²) in [5.74, 6) is -0.137. The van der Waals surface area contributed by atoms with Crippen molar-refractivity contribution >= 4 is 11.5 Å². The Kier molecular flexibility index (Phi) is 3.26. The van der Waals surface area contributed by atoms with E-state index in [2.05, 4.69) is 6.07 Å². The van der Waals surface area contributed by atoms with E-state index in [0.717, 1.165) is 0 Å². The lowest BCUT2D eigenvalue weighted by atomic mass is 9.79. The third kappa shape index (κ3) is 2.31. The summed E-state index contributed by atoms with van der Waals surface area (Å²) < 4.78 is 13.4. The quantitative estimate of drug-likeness (QED) is 0.678. The topological polar surface area (TPSA) is 43.1 Å². The van der Waals surface area contributed by atoms with Crippen LogP contribution in [-0.4, -0.2) is 5.78 Å². The number of anilines is 1. The van der Waals surface area contributed by atoms with Gasteiger partial charge in [0.1, 0.15) is 5.82 Å². The van der Waals surface area contributed by atoms with E-state index in [9.17, 15) is 9.18 Å². The zero-order chi connectivity index (χ0) is 14.1. The van der Waals surface area contributed by atoms with Crippen molar-refractivity contribution in [2.24, 2.45) is 0 Å². The van der Waals surface area contributed by atoms with Gasteiger partial charge in [-0.3, -0.25) is 4.79 Å². The summed E-state index contributed by atoms with van der Waals surface area (Å²) in [6.45, 7) is 0. The van der Waals surface area contributed by atoms with E-state index in [1.54, 1.807) is 12.1 Å². The van der Waals surface area contributed by atoms with Gasteiger partial charge < -0.3 is 5.73 Å². The van der Waals surface area contributed by atoms with Gasteiger partial charge in [0, 0.05) is 11.1 Å². The number of nitrogens with two attached hydrogens (primary N) is 1. The van der Waals surface area contributed by atoms with Crippen LogP contribution in [0.2, 0.25) is 0 Å². The maximum Gasteiger partial charge on any atom is 0.193 e. The predicted octanol–water partition coefficient (Wildman–Crippen LogP) is 3.91. The fraction of sp³-hybridized carbons (Fsp3) is 0.235. The Hall–Kier alpha value is -2.16. The van der Waals surface area contributed by atoms with Gasteiger partial charge >= 0.3 is 0 Å². The summed E-state index contributed by atoms with van der Waals surface area (Å²) in [6.07, 6.45) is 3.63. The Morgan fingerprint density at radius 1 is 1.10 bits per heavy atom. The van der Waals surface area contributed by atoms with Crippen LogP contribution in [0.4, 0.5) is 10.1 Å². The molecule has 20 heavy (non-hydrogen) atoms. The minimum Gasteiger partial charge on any atom is -0.396 e. The van der Waals surface area contributed by atoms with Crippen LogP contribution >= 0.6 is 0 Å². The summed E-state index contributed by atoms with van der Waals surface area (Å²) in [4.78, 5) is 12.4. The van der Waals surface area contributed by atoms with Gasteiger partial charge in [0.25, 0.3) is 0 Å². The lowest BCUT2D eigenvalue weighted by Gasteiger charge is -2.26. The second-order valence-electron chi connectivity index (χ2n) is 5.32. The Labute approximate surface area is 117 Å². The van der Waals surface area contributed by atoms with Crippen LogP contribution in [0.15, 0.2) is 42.5 Å². The van der Waals surface area contributed by atoms with Crippen molar-refractivity contribution in [1.82, 2.24) is 0 Å². The van der Waals surface area contributed by atoms with Gasteiger partial charge in [-0.25, -0.2) is 4.39 Å². The molecule has 0 radical (unpaired) electrons. The van der Waals surface area contributed by atoms with Crippen LogP contribution in [0, 0.1) is 5.82 Å². The number of carbonyl (C=O) groups excluding carboxylic acids is 1. The van der Waals surface area contributed by atoms with E-state index in [4.69, 9.17) is 5.73 Å². The van der Waals surface area contributed by atoms with Crippen LogP contribution in [0.1, 0.15) is 46.7 Å². The average molecular weight is 269 g/mol. The first-order valence-corrected chi connectivity index (χ1v) is 6.85. The molecule has 2 aromatic rings. The summed E-state index contributed by atoms with van der Waals surface area (Å²) >= 11 is 0. The molecule has 2 nitrogen and oxygen atoms in total. The number of rotatable bonds is 3. The van der Waals surface area contributed by atoms with Crippen LogP contribution < -0.4 is 5.73 Å². The second-order valence-corrected chi connectivity index (χ2v) is 5.32. The van der Waals surface area contributed by atoms with E-state index < -0.39 is 5.82 Å². The van der Waals surface area contributed by atoms with Crippen molar-refractivity contribution in [3.63, 3.8) is 0 Å². The largest absolute Gasteiger partial charge is 0.396 e. The zero-order valence-electron chi connectivity index (χ0n) is 11.1. The number of carbonyl (C=O) groups is 1. The molecule has 3 rings (SSSR count). The summed E-state index contributed by atoms with van der Waals surface area (Å²) in [7, 11) is 0. The van der Waals surface area contributed by atoms with Crippen LogP contribution in [0.3, 0.4) is 0 Å². The standard InChI is InChI=1S/C17H16FNO/c18-15-10-14(7-8-16(15)19)17(20)13-6-2-5-12(9-13)11-3-1-4-11/h2,5-11H,1,3-4,19H2. The van der Waals surface area contributed by atoms with Gasteiger partial charge in [-0.05, 0) is 48.6 Å². The van der Waals surface area contributed by atoms with E-state index in [-0.39, 0.29) is 11.5 Å². The fourth-order valence-electron chi connectivity index (χ4n) is 2.51. The third-order valence-electron chi connectivity index (χ3n) is 3.99. The summed E-state index contributed by atoms with van der Waals surface area (Å²) in [5.41, 5.74) is 7.64. The van der Waals surface area contributed by atoms with Crippen LogP contribution in [0.5, 0.6) is 0 Å². The molecule has 2 aromatic carbocycles. The van der Waals surface area contributed by atoms with Gasteiger partial charge in [0.2, 0.25) is 0 Å². The van der Waals surface area contributed by atoms with Gasteiger partial charge in [-0.15, -0.1) is 0 Å². The predicted molar refractivity (Wildman–Crippen MR) is 77.3 cm³/mol. The lowest BCUT2D eigenvalue weighted by Crippen LogP contribution is -2.10. The van der Waals surface area contributed by atoms with E-state index in [1.165, 1.54) is 37.0 Å². The molecule has 0 bridgehead atoms. The average Bonchev–Trinajstić information content (AvgIpc) is 2.39. The molecule has 0 atom stereocenters. The molecule has 0 saturated heterocycles. The highest BCUT2D eigenvalue weighted by molar-refractivity contribution is 6.09. The van der Waals surface area contributed by atoms with Gasteiger partial charge in [0.15, 0.2) is 5.78 Å². The molecular weight excluding hydrogens is 253 g/mol. The van der Waals surface area contributed by atoms with Crippen molar-refractivity contribution < 1.29 is 9.18 Å². The van der Waals surface area contributed by atoms with E-state index in [0.29, 0.717) is 17.0 Å². The smallest absolute Gasteiger partial charge is 0.193 e. The molecule has 1 aliphatic carbocycles. The Morgan fingerprint density at radius 2 is 1.85 bits per heavy atom. The molecule has 0 heterocycles. The van der Waals surface area contributed by atoms with Crippen molar-refractivity contribution in [2.45, 2.75) is 25.2 Å². The molecule has 0 unspecified atom stereocenters. The molecule has 1 saturated carbocycles. The number of hydrogen-bond acceptors (Lipinski definition) is 2. The molecule has 0 spiro atoms. The first-order valence-electron chi connectivity index (χ1n) is 6.85. The number of benzene rings is 2. The van der Waals surface area contributed by atoms with Crippen LogP contribution in [-0.2, 0) is 0 Å². The monoisotopic (exact) mass is 269 g/mol. The molecule has 0 aromatic heterocycles. The molecule has 1 fully saturated rings. The highest BCUT2D eigenvalue weighted by Crippen LogP contribution is 2.36. The molecule has 102 valence electrons. The second kappa shape index (κ2) is 5.08. The lowest BCUT2D eigenvalue weighted by molar-refractivity contribution is 0.103. The number of halogens is 1. The van der Waals surface area contributed by atoms with Crippen molar-refractivity contribution in [1.29, 1.82) is 0 Å². The Bertz CT molecular complexity index is 662.